The van der Waals surface area contributed by atoms with Crippen molar-refractivity contribution in [3.05, 3.63) is 29.8 Å². The summed E-state index contributed by atoms with van der Waals surface area (Å²) in [6.07, 6.45) is 0.741. The van der Waals surface area contributed by atoms with Crippen molar-refractivity contribution >= 4 is 17.5 Å². The van der Waals surface area contributed by atoms with Crippen LogP contribution in [0.1, 0.15) is 30.6 Å². The number of hydrogen-bond donors (Lipinski definition) is 3. The van der Waals surface area contributed by atoms with E-state index < -0.39 is 0 Å². The molecule has 1 aliphatic heterocycles. The Hall–Kier alpha value is -2.12. The minimum atomic E-state index is -0.237. The molecule has 1 heterocycles. The van der Waals surface area contributed by atoms with E-state index in [1.54, 1.807) is 29.2 Å². The molecule has 2 amide bonds. The first-order valence-electron chi connectivity index (χ1n) is 8.68. The molecular formula is C18H27N3O4. The summed E-state index contributed by atoms with van der Waals surface area (Å²) in [7, 11) is 0. The molecule has 3 N–H and O–H groups in total. The first kappa shape index (κ1) is 19.2. The second kappa shape index (κ2) is 9.39. The first-order valence-corrected chi connectivity index (χ1v) is 8.68. The monoisotopic (exact) mass is 349 g/mol. The van der Waals surface area contributed by atoms with Gasteiger partial charge >= 0.3 is 0 Å². The fourth-order valence-corrected chi connectivity index (χ4v) is 2.62. The molecule has 0 aromatic heterocycles. The summed E-state index contributed by atoms with van der Waals surface area (Å²) < 4.78 is 5.43. The molecule has 2 atom stereocenters. The molecule has 1 aliphatic rings. The molecule has 0 radical (unpaired) electrons. The van der Waals surface area contributed by atoms with Crippen LogP contribution in [0, 0.1) is 0 Å². The Morgan fingerprint density at radius 3 is 2.68 bits per heavy atom. The molecule has 138 valence electrons. The van der Waals surface area contributed by atoms with Crippen molar-refractivity contribution in [2.24, 2.45) is 0 Å². The Bertz CT molecular complexity index is 572. The molecule has 0 bridgehead atoms. The summed E-state index contributed by atoms with van der Waals surface area (Å²) in [5, 5.41) is 15.0. The number of hydrogen-bond acceptors (Lipinski definition) is 5. The summed E-state index contributed by atoms with van der Waals surface area (Å²) in [5.74, 6) is -0.184. The number of morpholine rings is 1. The average molecular weight is 349 g/mol. The van der Waals surface area contributed by atoms with Crippen LogP contribution in [0.5, 0.6) is 0 Å². The van der Waals surface area contributed by atoms with Gasteiger partial charge in [0.05, 0.1) is 31.9 Å². The molecule has 1 saturated heterocycles. The highest BCUT2D eigenvalue weighted by Gasteiger charge is 2.20. The van der Waals surface area contributed by atoms with Gasteiger partial charge in [-0.2, -0.15) is 0 Å². The minimum Gasteiger partial charge on any atom is -0.394 e. The van der Waals surface area contributed by atoms with Gasteiger partial charge in [0.2, 0.25) is 5.91 Å². The minimum absolute atomic E-state index is 0.0331. The van der Waals surface area contributed by atoms with Gasteiger partial charge in [-0.1, -0.05) is 6.92 Å². The van der Waals surface area contributed by atoms with Gasteiger partial charge in [-0.25, -0.2) is 0 Å². The van der Waals surface area contributed by atoms with Crippen molar-refractivity contribution in [2.75, 3.05) is 38.2 Å². The van der Waals surface area contributed by atoms with Gasteiger partial charge in [0.1, 0.15) is 0 Å². The smallest absolute Gasteiger partial charge is 0.251 e. The van der Waals surface area contributed by atoms with E-state index in [1.807, 2.05) is 13.8 Å². The van der Waals surface area contributed by atoms with Crippen molar-refractivity contribution in [3.8, 4) is 0 Å². The quantitative estimate of drug-likeness (QED) is 0.679. The maximum atomic E-state index is 12.2. The number of nitrogens with one attached hydrogen (secondary N) is 2. The zero-order valence-corrected chi connectivity index (χ0v) is 14.8. The molecule has 0 unspecified atom stereocenters. The Labute approximate surface area is 148 Å². The number of carbonyl (C=O) groups is 2. The van der Waals surface area contributed by atoms with Gasteiger partial charge in [0.15, 0.2) is 0 Å². The van der Waals surface area contributed by atoms with Crippen molar-refractivity contribution in [3.63, 3.8) is 0 Å². The lowest BCUT2D eigenvalue weighted by molar-refractivity contribution is -0.136. The lowest BCUT2D eigenvalue weighted by atomic mass is 10.1. The molecule has 7 heteroatoms. The van der Waals surface area contributed by atoms with E-state index in [-0.39, 0.29) is 37.1 Å². The van der Waals surface area contributed by atoms with Gasteiger partial charge < -0.3 is 25.4 Å². The SMILES string of the molecule is CC[C@@H](CO)NC(=O)c1ccc(NCC(=O)N2CCO[C@H](C)C2)cc1. The van der Waals surface area contributed by atoms with E-state index in [0.717, 1.165) is 5.69 Å². The lowest BCUT2D eigenvalue weighted by Gasteiger charge is -2.31. The Balaban J connectivity index is 1.83. The highest BCUT2D eigenvalue weighted by atomic mass is 16.5. The Morgan fingerprint density at radius 1 is 1.36 bits per heavy atom. The van der Waals surface area contributed by atoms with Crippen molar-refractivity contribution < 1.29 is 19.4 Å². The summed E-state index contributed by atoms with van der Waals surface area (Å²) in [6, 6.07) is 6.69. The third-order valence-corrected chi connectivity index (χ3v) is 4.23. The fourth-order valence-electron chi connectivity index (χ4n) is 2.62. The third kappa shape index (κ3) is 5.72. The van der Waals surface area contributed by atoms with Gasteiger partial charge in [0, 0.05) is 24.3 Å². The molecule has 0 spiro atoms. The molecule has 0 aliphatic carbocycles. The highest BCUT2D eigenvalue weighted by molar-refractivity contribution is 5.94. The number of ether oxygens (including phenoxy) is 1. The number of anilines is 1. The van der Waals surface area contributed by atoms with Crippen LogP contribution in [-0.4, -0.2) is 66.8 Å². The molecule has 25 heavy (non-hydrogen) atoms. The topological polar surface area (TPSA) is 90.9 Å². The summed E-state index contributed by atoms with van der Waals surface area (Å²) in [4.78, 5) is 26.1. The van der Waals surface area contributed by atoms with Gasteiger partial charge in [0.25, 0.3) is 5.91 Å². The Kier molecular flexibility index (Phi) is 7.21. The van der Waals surface area contributed by atoms with E-state index in [1.165, 1.54) is 0 Å². The molecule has 7 nitrogen and oxygen atoms in total. The van der Waals surface area contributed by atoms with E-state index in [2.05, 4.69) is 10.6 Å². The number of carbonyl (C=O) groups excluding carboxylic acids is 2. The predicted molar refractivity (Wildman–Crippen MR) is 95.6 cm³/mol. The lowest BCUT2D eigenvalue weighted by Crippen LogP contribution is -2.46. The van der Waals surface area contributed by atoms with Crippen molar-refractivity contribution in [1.29, 1.82) is 0 Å². The molecule has 1 fully saturated rings. The van der Waals surface area contributed by atoms with Crippen molar-refractivity contribution in [1.82, 2.24) is 10.2 Å². The molecule has 1 aromatic carbocycles. The molecule has 1 aromatic rings. The largest absolute Gasteiger partial charge is 0.394 e. The van der Waals surface area contributed by atoms with Crippen LogP contribution in [0.3, 0.4) is 0 Å². The summed E-state index contributed by atoms with van der Waals surface area (Å²) in [5.41, 5.74) is 1.30. The third-order valence-electron chi connectivity index (χ3n) is 4.23. The van der Waals surface area contributed by atoms with Crippen LogP contribution in [0.15, 0.2) is 24.3 Å². The summed E-state index contributed by atoms with van der Waals surface area (Å²) >= 11 is 0. The number of amides is 2. The molecule has 0 saturated carbocycles. The van der Waals surface area contributed by atoms with E-state index in [4.69, 9.17) is 9.84 Å². The van der Waals surface area contributed by atoms with Crippen LogP contribution >= 0.6 is 0 Å². The van der Waals surface area contributed by atoms with Gasteiger partial charge in [-0.3, -0.25) is 9.59 Å². The van der Waals surface area contributed by atoms with Crippen molar-refractivity contribution in [2.45, 2.75) is 32.4 Å². The highest BCUT2D eigenvalue weighted by Crippen LogP contribution is 2.11. The number of aliphatic hydroxyl groups is 1. The van der Waals surface area contributed by atoms with Crippen LogP contribution in [-0.2, 0) is 9.53 Å². The maximum Gasteiger partial charge on any atom is 0.251 e. The summed E-state index contributed by atoms with van der Waals surface area (Å²) in [6.45, 7) is 5.79. The van der Waals surface area contributed by atoms with Crippen LogP contribution < -0.4 is 10.6 Å². The number of rotatable bonds is 7. The Morgan fingerprint density at radius 2 is 2.08 bits per heavy atom. The van der Waals surface area contributed by atoms with Crippen LogP contribution in [0.4, 0.5) is 5.69 Å². The van der Waals surface area contributed by atoms with E-state index in [9.17, 15) is 9.59 Å². The second-order valence-electron chi connectivity index (χ2n) is 6.21. The van der Waals surface area contributed by atoms with Crippen LogP contribution in [0.2, 0.25) is 0 Å². The fraction of sp³-hybridized carbons (Fsp3) is 0.556. The van der Waals surface area contributed by atoms with E-state index in [0.29, 0.717) is 31.7 Å². The number of nitrogens with zero attached hydrogens (tertiary/aromatic N) is 1. The molecule has 2 rings (SSSR count). The first-order chi connectivity index (χ1) is 12.0. The maximum absolute atomic E-state index is 12.2. The zero-order valence-electron chi connectivity index (χ0n) is 14.8. The van der Waals surface area contributed by atoms with Gasteiger partial charge in [-0.15, -0.1) is 0 Å². The normalized spacial score (nSPS) is 18.5. The number of benzene rings is 1. The number of aliphatic hydroxyl groups excluding tert-OH is 1. The zero-order chi connectivity index (χ0) is 18.2. The molecular weight excluding hydrogens is 322 g/mol. The predicted octanol–water partition coefficient (Wildman–Crippen LogP) is 0.847. The average Bonchev–Trinajstić information content (AvgIpc) is 2.64. The second-order valence-corrected chi connectivity index (χ2v) is 6.21. The standard InChI is InChI=1S/C18H27N3O4/c1-3-15(12-22)20-18(24)14-4-6-16(7-5-14)19-10-17(23)21-8-9-25-13(2)11-21/h4-7,13,15,19,22H,3,8-12H2,1-2H3,(H,20,24)/t13-,15+/m1/s1. The van der Waals surface area contributed by atoms with E-state index >= 15 is 0 Å². The van der Waals surface area contributed by atoms with Gasteiger partial charge in [-0.05, 0) is 37.6 Å². The van der Waals surface area contributed by atoms with Crippen LogP contribution in [0.25, 0.3) is 0 Å².